The van der Waals surface area contributed by atoms with Crippen LogP contribution < -0.4 is 26.2 Å². The van der Waals surface area contributed by atoms with E-state index in [1.165, 1.54) is 18.9 Å². The summed E-state index contributed by atoms with van der Waals surface area (Å²) in [4.78, 5) is 70.4. The number of benzene rings is 2. The summed E-state index contributed by atoms with van der Waals surface area (Å²) in [5, 5.41) is 33.1. The highest BCUT2D eigenvalue weighted by molar-refractivity contribution is 9.09. The van der Waals surface area contributed by atoms with Crippen molar-refractivity contribution in [3.8, 4) is 12.1 Å². The lowest BCUT2D eigenvalue weighted by molar-refractivity contribution is -0.140. The molecule has 8 heterocycles. The number of ether oxygens (including phenoxy) is 1. The highest BCUT2D eigenvalue weighted by Gasteiger charge is 2.37. The fourth-order valence-electron chi connectivity index (χ4n) is 11.0. The first-order valence-electron chi connectivity index (χ1n) is 29.6. The molecule has 89 heavy (non-hydrogen) atoms. The summed E-state index contributed by atoms with van der Waals surface area (Å²) >= 11 is 2.90. The average molecular weight is 1330 g/mol. The number of fused-ring (bicyclic) bond motifs is 2. The molecule has 4 atom stereocenters. The molecule has 0 radical (unpaired) electrons. The van der Waals surface area contributed by atoms with Gasteiger partial charge in [-0.15, -0.1) is 0 Å². The molecule has 6 saturated heterocycles. The second-order valence-corrected chi connectivity index (χ2v) is 23.9. The van der Waals surface area contributed by atoms with Gasteiger partial charge in [-0.2, -0.15) is 10.5 Å². The number of likely N-dealkylation sites (tertiary alicyclic amines) is 3. The Bertz CT molecular complexity index is 2960. The smallest absolute Gasteiger partial charge is 0.317 e. The molecule has 0 saturated carbocycles. The van der Waals surface area contributed by atoms with E-state index in [1.54, 1.807) is 40.7 Å². The molecule has 5 N–H and O–H groups in total. The lowest BCUT2D eigenvalue weighted by Crippen LogP contribution is -2.53. The van der Waals surface area contributed by atoms with Crippen molar-refractivity contribution in [1.29, 1.82) is 10.5 Å². The highest BCUT2D eigenvalue weighted by Crippen LogP contribution is 2.33. The molecule has 490 valence electrons. The van der Waals surface area contributed by atoms with Crippen LogP contribution >= 0.6 is 15.9 Å². The highest BCUT2D eigenvalue weighted by atomic mass is 79.9. The maximum atomic E-state index is 13.3. The number of nitrogens with zero attached hydrogens (tertiary/aromatic N) is 11. The third kappa shape index (κ3) is 25.0. The fourth-order valence-corrected chi connectivity index (χ4v) is 11.2. The Morgan fingerprint density at radius 2 is 1.02 bits per heavy atom. The molecule has 6 fully saturated rings. The molecular formula is C60H81BrF8N14O6. The van der Waals surface area contributed by atoms with Crippen LogP contribution in [0.5, 0.6) is 0 Å². The number of carbonyl (C=O) groups is 4. The largest absolute Gasteiger partial charge is 0.480 e. The van der Waals surface area contributed by atoms with Gasteiger partial charge in [0.15, 0.2) is 0 Å². The topological polar surface area (TPSA) is 263 Å². The van der Waals surface area contributed by atoms with Crippen molar-refractivity contribution < 1.29 is 64.1 Å². The van der Waals surface area contributed by atoms with Crippen molar-refractivity contribution >= 4 is 73.0 Å². The molecule has 0 spiro atoms. The minimum Gasteiger partial charge on any atom is -0.480 e. The number of Topliss-reactive ketones (excluding diaryl/α,β-unsaturated/α-hetero) is 1. The summed E-state index contributed by atoms with van der Waals surface area (Å²) < 4.78 is 105. The van der Waals surface area contributed by atoms with Gasteiger partial charge in [-0.1, -0.05) is 29.8 Å². The summed E-state index contributed by atoms with van der Waals surface area (Å²) in [6.07, 6.45) is 7.34. The molecule has 0 unspecified atom stereocenters. The summed E-state index contributed by atoms with van der Waals surface area (Å²) in [5.41, 5.74) is 11.8. The van der Waals surface area contributed by atoms with Crippen LogP contribution in [0.3, 0.4) is 0 Å². The zero-order valence-electron chi connectivity index (χ0n) is 50.7. The molecule has 0 bridgehead atoms. The normalized spacial score (nSPS) is 22.9. The van der Waals surface area contributed by atoms with Gasteiger partial charge < -0.3 is 36.0 Å². The number of carboxylic acid groups (broad SMARTS) is 1. The zero-order valence-corrected chi connectivity index (χ0v) is 52.3. The maximum Gasteiger partial charge on any atom is 0.317 e. The number of esters is 1. The van der Waals surface area contributed by atoms with Crippen molar-refractivity contribution in [3.05, 3.63) is 60.2 Å². The molecule has 0 aliphatic carbocycles. The fraction of sp³-hybridized carbons (Fsp3) is 0.633. The standard InChI is InChI=1S/C22H26F2N6O.C15H17N5.C8H13F2NO.C7H11F2NO2.C5H9F2N.C3H5BrO2/c1-15-10-17(28-19(31)14-29-8-4-22(23,24)5-9-29)13-30(12-15)18-3-2-16(11-25)20-21(18)27-7-6-26-20;1-10-6-12(17)9-20(8-10)13-3-2-11(7-16)14-15(13)19-5-4-18-14;1-7(12)6-11-4-2-8(9,10)3-5-11;8-7(9)1-3-10(4-2-7)5-6(11)12;6-5(7)1-3-8-4-2-5;1-6-3(5)2-4/h2-3,6-7,15,17H,4-5,8-10,12-14H2,1H3,(H,28,31);2-5,10,12H,6,8-9,17H2,1H3;2-6H2,1H3;1-5H2,(H,11,12);8H,1-4H2;2H2,1H3/t15-,17+;10-,12+;;;;/m00..../s1. The average Bonchev–Trinajstić information content (AvgIpc) is 0.980. The number of rotatable bonds is 10. The summed E-state index contributed by atoms with van der Waals surface area (Å²) in [6.45, 7) is 11.8. The third-order valence-corrected chi connectivity index (χ3v) is 15.9. The molecule has 4 aromatic rings. The van der Waals surface area contributed by atoms with Crippen molar-refractivity contribution in [3.63, 3.8) is 0 Å². The number of ketones is 1. The van der Waals surface area contributed by atoms with Gasteiger partial charge in [-0.05, 0) is 55.9 Å². The number of aromatic nitrogens is 4. The lowest BCUT2D eigenvalue weighted by atomic mass is 9.95. The van der Waals surface area contributed by atoms with Crippen molar-refractivity contribution in [2.75, 3.05) is 120 Å². The van der Waals surface area contributed by atoms with Gasteiger partial charge in [-0.25, -0.2) is 35.1 Å². The Balaban J connectivity index is 0.000000213. The first kappa shape index (κ1) is 73.2. The Morgan fingerprint density at radius 1 is 0.629 bits per heavy atom. The number of nitrogens with two attached hydrogens (primary N) is 1. The number of hydrogen-bond acceptors (Lipinski definition) is 18. The number of aliphatic carboxylic acids is 1. The van der Waals surface area contributed by atoms with Gasteiger partial charge in [0, 0.05) is 167 Å². The van der Waals surface area contributed by atoms with E-state index in [2.05, 4.69) is 87.0 Å². The predicted octanol–water partition coefficient (Wildman–Crippen LogP) is 7.91. The predicted molar refractivity (Wildman–Crippen MR) is 323 cm³/mol. The van der Waals surface area contributed by atoms with Gasteiger partial charge in [0.25, 0.3) is 23.7 Å². The lowest BCUT2D eigenvalue weighted by Gasteiger charge is -2.39. The van der Waals surface area contributed by atoms with Gasteiger partial charge in [0.05, 0.1) is 49.2 Å². The molecule has 1 amide bonds. The van der Waals surface area contributed by atoms with Gasteiger partial charge >= 0.3 is 11.9 Å². The second kappa shape index (κ2) is 34.6. The molecule has 6 aliphatic heterocycles. The van der Waals surface area contributed by atoms with Crippen LogP contribution in [0.25, 0.3) is 22.1 Å². The van der Waals surface area contributed by atoms with E-state index in [1.807, 2.05) is 18.2 Å². The number of methoxy groups -OCH3 is 1. The van der Waals surface area contributed by atoms with E-state index in [0.717, 1.165) is 49.4 Å². The van der Waals surface area contributed by atoms with Gasteiger partial charge in [0.1, 0.15) is 45.3 Å². The van der Waals surface area contributed by atoms with E-state index in [4.69, 9.17) is 16.1 Å². The first-order valence-corrected chi connectivity index (χ1v) is 30.7. The summed E-state index contributed by atoms with van der Waals surface area (Å²) in [7, 11) is 1.35. The monoisotopic (exact) mass is 1320 g/mol. The Morgan fingerprint density at radius 3 is 1.38 bits per heavy atom. The molecule has 2 aromatic heterocycles. The van der Waals surface area contributed by atoms with E-state index in [0.29, 0.717) is 78.8 Å². The zero-order chi connectivity index (χ0) is 65.5. The van der Waals surface area contributed by atoms with Crippen LogP contribution in [0.4, 0.5) is 46.5 Å². The number of hydrogen-bond donors (Lipinski definition) is 4. The Labute approximate surface area is 522 Å². The summed E-state index contributed by atoms with van der Waals surface area (Å²) in [5.74, 6) is -10.5. The number of carboxylic acids is 1. The number of carbonyl (C=O) groups excluding carboxylic acids is 3. The van der Waals surface area contributed by atoms with Crippen LogP contribution in [0, 0.1) is 34.5 Å². The molecule has 29 heteroatoms. The number of halogens is 9. The Hall–Kier alpha value is -6.50. The minimum absolute atomic E-state index is 0.00694. The summed E-state index contributed by atoms with van der Waals surface area (Å²) in [6, 6.07) is 11.9. The molecule has 10 rings (SSSR count). The Kier molecular flexibility index (Phi) is 28.5. The molecular weight excluding hydrogens is 1240 g/mol. The van der Waals surface area contributed by atoms with Crippen molar-refractivity contribution in [2.45, 2.75) is 121 Å². The van der Waals surface area contributed by atoms with Gasteiger partial charge in [-0.3, -0.25) is 53.8 Å². The number of alkyl halides is 9. The molecule has 6 aliphatic rings. The quantitative estimate of drug-likeness (QED) is 0.0668. The third-order valence-electron chi connectivity index (χ3n) is 15.5. The number of amides is 1. The van der Waals surface area contributed by atoms with Crippen molar-refractivity contribution in [2.24, 2.45) is 17.6 Å². The number of nitrogens with one attached hydrogen (secondary N) is 2. The van der Waals surface area contributed by atoms with Crippen LogP contribution in [0.15, 0.2) is 49.1 Å². The number of nitriles is 2. The minimum atomic E-state index is -2.61. The molecule has 2 aromatic carbocycles. The van der Waals surface area contributed by atoms with Crippen LogP contribution in [0.2, 0.25) is 0 Å². The van der Waals surface area contributed by atoms with E-state index >= 15 is 0 Å². The van der Waals surface area contributed by atoms with E-state index < -0.39 is 29.7 Å². The van der Waals surface area contributed by atoms with E-state index in [9.17, 15) is 59.6 Å². The second-order valence-electron chi connectivity index (χ2n) is 23.3. The van der Waals surface area contributed by atoms with Gasteiger partial charge in [0.2, 0.25) is 5.91 Å². The first-order chi connectivity index (χ1) is 42.0. The number of piperidine rings is 6. The van der Waals surface area contributed by atoms with E-state index in [-0.39, 0.29) is 126 Å². The SMILES string of the molecule is CC(=O)CN1CCC(F)(F)CC1.COC(=O)CBr.C[C@H]1C[C@@H](N)CN(c2ccc(C#N)c3nccnc23)C1.C[C@H]1C[C@@H](NC(=O)CN2CCC(F)(F)CC2)CN(c2ccc(C#N)c3nccnc23)C1.FC1(F)CCNCC1.O=C(O)CN1CCC(F)(F)CC1. The van der Waals surface area contributed by atoms with Crippen molar-refractivity contribution in [1.82, 2.24) is 45.3 Å². The maximum absolute atomic E-state index is 13.3. The van der Waals surface area contributed by atoms with Crippen LogP contribution in [-0.2, 0) is 23.9 Å². The number of anilines is 2. The van der Waals surface area contributed by atoms with Crippen LogP contribution in [0.1, 0.15) is 96.1 Å². The molecule has 20 nitrogen and oxygen atoms in total. The van der Waals surface area contributed by atoms with Crippen LogP contribution in [-0.4, -0.2) is 210 Å².